The molecule has 2 unspecified atom stereocenters. The summed E-state index contributed by atoms with van der Waals surface area (Å²) in [6, 6.07) is 9.18. The average molecular weight is 331 g/mol. The first-order chi connectivity index (χ1) is 11.1. The fraction of sp³-hybridized carbons (Fsp3) is 0.412. The molecule has 5 nitrogen and oxygen atoms in total. The summed E-state index contributed by atoms with van der Waals surface area (Å²) in [5.74, 6) is -0.125. The predicted octanol–water partition coefficient (Wildman–Crippen LogP) is 3.00. The molecule has 0 radical (unpaired) electrons. The minimum absolute atomic E-state index is 0.125. The molecule has 1 N–H and O–H groups in total. The molecule has 0 saturated carbocycles. The third-order valence-electron chi connectivity index (χ3n) is 3.69. The van der Waals surface area contributed by atoms with Crippen molar-refractivity contribution < 1.29 is 9.53 Å². The molecule has 1 aliphatic rings. The van der Waals surface area contributed by atoms with Crippen LogP contribution in [0.3, 0.4) is 0 Å². The maximum Gasteiger partial charge on any atom is 0.257 e. The third kappa shape index (κ3) is 4.37. The summed E-state index contributed by atoms with van der Waals surface area (Å²) in [6.45, 7) is 6.79. The summed E-state index contributed by atoms with van der Waals surface area (Å²) in [4.78, 5) is 19.0. The summed E-state index contributed by atoms with van der Waals surface area (Å²) in [6.07, 6.45) is 0.490. The van der Waals surface area contributed by atoms with Crippen LogP contribution in [0, 0.1) is 0 Å². The third-order valence-corrected chi connectivity index (χ3v) is 4.50. The van der Waals surface area contributed by atoms with E-state index in [-0.39, 0.29) is 18.1 Å². The fourth-order valence-electron chi connectivity index (χ4n) is 2.84. The standard InChI is InChI=1S/C17H21N3O2S/c1-12-8-20(9-13(2)22-12)10-15-11-23-17(18-15)19-16(21)14-6-4-3-5-7-14/h3-7,11-13H,8-10H2,1-2H3,(H,18,19,21). The van der Waals surface area contributed by atoms with Gasteiger partial charge in [-0.05, 0) is 26.0 Å². The molecular weight excluding hydrogens is 310 g/mol. The Hall–Kier alpha value is -1.76. The van der Waals surface area contributed by atoms with Gasteiger partial charge in [0.1, 0.15) is 0 Å². The number of nitrogens with one attached hydrogen (secondary N) is 1. The van der Waals surface area contributed by atoms with Crippen LogP contribution in [0.1, 0.15) is 29.9 Å². The van der Waals surface area contributed by atoms with Gasteiger partial charge in [0.15, 0.2) is 5.13 Å². The number of hydrogen-bond acceptors (Lipinski definition) is 5. The molecule has 2 atom stereocenters. The lowest BCUT2D eigenvalue weighted by Gasteiger charge is -2.34. The number of morpholine rings is 1. The Morgan fingerprint density at radius 1 is 1.30 bits per heavy atom. The molecule has 1 fully saturated rings. The van der Waals surface area contributed by atoms with E-state index < -0.39 is 0 Å². The number of carbonyl (C=O) groups excluding carboxylic acids is 1. The normalized spacial score (nSPS) is 22.0. The van der Waals surface area contributed by atoms with E-state index in [0.717, 1.165) is 25.3 Å². The molecule has 6 heteroatoms. The number of hydrogen-bond donors (Lipinski definition) is 1. The number of carbonyl (C=O) groups is 1. The van der Waals surface area contributed by atoms with Crippen LogP contribution in [0.15, 0.2) is 35.7 Å². The van der Waals surface area contributed by atoms with E-state index >= 15 is 0 Å². The Bertz CT molecular complexity index is 649. The zero-order valence-electron chi connectivity index (χ0n) is 13.4. The van der Waals surface area contributed by atoms with Gasteiger partial charge in [0.25, 0.3) is 5.91 Å². The van der Waals surface area contributed by atoms with Gasteiger partial charge in [0, 0.05) is 30.6 Å². The van der Waals surface area contributed by atoms with Gasteiger partial charge in [-0.25, -0.2) is 4.98 Å². The smallest absolute Gasteiger partial charge is 0.257 e. The topological polar surface area (TPSA) is 54.5 Å². The van der Waals surface area contributed by atoms with Crippen molar-refractivity contribution >= 4 is 22.4 Å². The second kappa shape index (κ2) is 7.21. The van der Waals surface area contributed by atoms with Gasteiger partial charge in [0.2, 0.25) is 0 Å². The van der Waals surface area contributed by atoms with Crippen LogP contribution in [0.4, 0.5) is 5.13 Å². The van der Waals surface area contributed by atoms with Crippen molar-refractivity contribution in [3.8, 4) is 0 Å². The molecular formula is C17H21N3O2S. The summed E-state index contributed by atoms with van der Waals surface area (Å²) >= 11 is 1.46. The Kier molecular flexibility index (Phi) is 5.05. The highest BCUT2D eigenvalue weighted by Crippen LogP contribution is 2.19. The predicted molar refractivity (Wildman–Crippen MR) is 91.8 cm³/mol. The number of anilines is 1. The Labute approximate surface area is 140 Å². The summed E-state index contributed by atoms with van der Waals surface area (Å²) in [7, 11) is 0. The largest absolute Gasteiger partial charge is 0.373 e. The van der Waals surface area contributed by atoms with Crippen LogP contribution in [-0.2, 0) is 11.3 Å². The number of thiazole rings is 1. The number of aromatic nitrogens is 1. The van der Waals surface area contributed by atoms with E-state index in [1.807, 2.05) is 23.6 Å². The van der Waals surface area contributed by atoms with E-state index in [2.05, 4.69) is 29.0 Å². The molecule has 1 saturated heterocycles. The highest BCUT2D eigenvalue weighted by atomic mass is 32.1. The molecule has 0 bridgehead atoms. The zero-order valence-corrected chi connectivity index (χ0v) is 14.2. The summed E-state index contributed by atoms with van der Waals surface area (Å²) < 4.78 is 5.74. The van der Waals surface area contributed by atoms with Crippen LogP contribution < -0.4 is 5.32 Å². The van der Waals surface area contributed by atoms with Crippen LogP contribution in [0.25, 0.3) is 0 Å². The lowest BCUT2D eigenvalue weighted by Crippen LogP contribution is -2.44. The fourth-order valence-corrected chi connectivity index (χ4v) is 3.53. The number of amides is 1. The number of benzene rings is 1. The average Bonchev–Trinajstić information content (AvgIpc) is 2.94. The SMILES string of the molecule is CC1CN(Cc2csc(NC(=O)c3ccccc3)n2)CC(C)O1. The van der Waals surface area contributed by atoms with Crippen molar-refractivity contribution in [1.82, 2.24) is 9.88 Å². The first kappa shape index (κ1) is 16.1. The Balaban J connectivity index is 1.59. The summed E-state index contributed by atoms with van der Waals surface area (Å²) in [5, 5.41) is 5.51. The van der Waals surface area contributed by atoms with Gasteiger partial charge in [-0.3, -0.25) is 15.0 Å². The zero-order chi connectivity index (χ0) is 16.2. The molecule has 0 spiro atoms. The maximum absolute atomic E-state index is 12.1. The van der Waals surface area contributed by atoms with Gasteiger partial charge < -0.3 is 4.74 Å². The second-order valence-corrected chi connectivity index (χ2v) is 6.77. The van der Waals surface area contributed by atoms with E-state index in [9.17, 15) is 4.79 Å². The Morgan fingerprint density at radius 3 is 2.70 bits per heavy atom. The van der Waals surface area contributed by atoms with Crippen LogP contribution in [-0.4, -0.2) is 41.1 Å². The van der Waals surface area contributed by atoms with Crippen LogP contribution in [0.5, 0.6) is 0 Å². The van der Waals surface area contributed by atoms with E-state index in [1.54, 1.807) is 12.1 Å². The second-order valence-electron chi connectivity index (χ2n) is 5.92. The molecule has 1 amide bonds. The molecule has 0 aliphatic carbocycles. The minimum atomic E-state index is -0.125. The first-order valence-electron chi connectivity index (χ1n) is 7.79. The van der Waals surface area contributed by atoms with Crippen molar-refractivity contribution in [3.05, 3.63) is 47.0 Å². The molecule has 2 heterocycles. The van der Waals surface area contributed by atoms with Crippen molar-refractivity contribution in [2.24, 2.45) is 0 Å². The lowest BCUT2D eigenvalue weighted by molar-refractivity contribution is -0.0707. The lowest BCUT2D eigenvalue weighted by atomic mass is 10.2. The molecule has 122 valence electrons. The van der Waals surface area contributed by atoms with Crippen molar-refractivity contribution in [2.75, 3.05) is 18.4 Å². The molecule has 23 heavy (non-hydrogen) atoms. The van der Waals surface area contributed by atoms with E-state index in [0.29, 0.717) is 10.7 Å². The van der Waals surface area contributed by atoms with Gasteiger partial charge in [-0.15, -0.1) is 11.3 Å². The van der Waals surface area contributed by atoms with Gasteiger partial charge in [0.05, 0.1) is 17.9 Å². The molecule has 3 rings (SSSR count). The van der Waals surface area contributed by atoms with Gasteiger partial charge in [-0.1, -0.05) is 18.2 Å². The minimum Gasteiger partial charge on any atom is -0.373 e. The molecule has 1 aliphatic heterocycles. The van der Waals surface area contributed by atoms with Gasteiger partial charge >= 0.3 is 0 Å². The number of nitrogens with zero attached hydrogens (tertiary/aromatic N) is 2. The number of ether oxygens (including phenoxy) is 1. The van der Waals surface area contributed by atoms with E-state index in [4.69, 9.17) is 4.74 Å². The highest BCUT2D eigenvalue weighted by Gasteiger charge is 2.22. The Morgan fingerprint density at radius 2 is 2.00 bits per heavy atom. The van der Waals surface area contributed by atoms with Crippen LogP contribution >= 0.6 is 11.3 Å². The number of rotatable bonds is 4. The van der Waals surface area contributed by atoms with E-state index in [1.165, 1.54) is 11.3 Å². The van der Waals surface area contributed by atoms with Gasteiger partial charge in [-0.2, -0.15) is 0 Å². The first-order valence-corrected chi connectivity index (χ1v) is 8.67. The molecule has 1 aromatic carbocycles. The highest BCUT2D eigenvalue weighted by molar-refractivity contribution is 7.13. The molecule has 2 aromatic rings. The monoisotopic (exact) mass is 331 g/mol. The van der Waals surface area contributed by atoms with Crippen LogP contribution in [0.2, 0.25) is 0 Å². The van der Waals surface area contributed by atoms with Crippen molar-refractivity contribution in [2.45, 2.75) is 32.6 Å². The van der Waals surface area contributed by atoms with Crippen molar-refractivity contribution in [1.29, 1.82) is 0 Å². The van der Waals surface area contributed by atoms with Crippen molar-refractivity contribution in [3.63, 3.8) is 0 Å². The quantitative estimate of drug-likeness (QED) is 0.936. The maximum atomic E-state index is 12.1. The molecule has 1 aromatic heterocycles. The summed E-state index contributed by atoms with van der Waals surface area (Å²) in [5.41, 5.74) is 1.62.